The molecule has 7 nitrogen and oxygen atoms in total. The second kappa shape index (κ2) is 4.26. The summed E-state index contributed by atoms with van der Waals surface area (Å²) in [5.74, 6) is -5.44. The monoisotopic (exact) mass is 217 g/mol. The summed E-state index contributed by atoms with van der Waals surface area (Å²) in [7, 11) is 0. The molecule has 7 heteroatoms. The second-order valence-corrected chi connectivity index (χ2v) is 3.43. The Kier molecular flexibility index (Phi) is 3.25. The molecule has 84 valence electrons. The molecule has 0 saturated carbocycles. The van der Waals surface area contributed by atoms with E-state index in [2.05, 4.69) is 5.32 Å². The van der Waals surface area contributed by atoms with Gasteiger partial charge in [-0.15, -0.1) is 0 Å². The highest BCUT2D eigenvalue weighted by molar-refractivity contribution is 5.80. The number of carboxylic acid groups (broad SMARTS) is 3. The van der Waals surface area contributed by atoms with Gasteiger partial charge in [0.25, 0.3) is 0 Å². The normalized spacial score (nSPS) is 30.0. The largest absolute Gasteiger partial charge is 0.481 e. The highest BCUT2D eigenvalue weighted by Crippen LogP contribution is 2.26. The molecule has 3 unspecified atom stereocenters. The lowest BCUT2D eigenvalue weighted by Gasteiger charge is -2.16. The van der Waals surface area contributed by atoms with Crippen molar-refractivity contribution in [1.29, 1.82) is 0 Å². The van der Waals surface area contributed by atoms with Crippen molar-refractivity contribution in [2.45, 2.75) is 12.5 Å². The van der Waals surface area contributed by atoms with Crippen molar-refractivity contribution < 1.29 is 29.7 Å². The molecular formula is C8H11NO6. The van der Waals surface area contributed by atoms with Gasteiger partial charge >= 0.3 is 17.9 Å². The minimum absolute atomic E-state index is 0.00968. The van der Waals surface area contributed by atoms with Crippen molar-refractivity contribution in [3.05, 3.63) is 0 Å². The highest BCUT2D eigenvalue weighted by atomic mass is 16.4. The summed E-state index contributed by atoms with van der Waals surface area (Å²) >= 11 is 0. The molecule has 0 amide bonds. The number of carboxylic acids is 3. The number of nitrogens with one attached hydrogen (secondary N) is 1. The van der Waals surface area contributed by atoms with Gasteiger partial charge in [0.15, 0.2) is 0 Å². The predicted octanol–water partition coefficient (Wildman–Crippen LogP) is -1.17. The van der Waals surface area contributed by atoms with E-state index in [4.69, 9.17) is 15.3 Å². The number of carbonyl (C=O) groups is 3. The summed E-state index contributed by atoms with van der Waals surface area (Å²) in [6.45, 7) is -0.00968. The molecule has 0 aromatic carbocycles. The fraction of sp³-hybridized carbons (Fsp3) is 0.625. The van der Waals surface area contributed by atoms with E-state index < -0.39 is 42.2 Å². The minimum Gasteiger partial charge on any atom is -0.481 e. The van der Waals surface area contributed by atoms with E-state index in [1.54, 1.807) is 0 Å². The van der Waals surface area contributed by atoms with Crippen LogP contribution in [0.15, 0.2) is 0 Å². The fourth-order valence-corrected chi connectivity index (χ4v) is 1.79. The first-order valence-corrected chi connectivity index (χ1v) is 4.34. The Bertz CT molecular complexity index is 280. The van der Waals surface area contributed by atoms with Crippen LogP contribution in [0.4, 0.5) is 0 Å². The summed E-state index contributed by atoms with van der Waals surface area (Å²) in [5.41, 5.74) is 0. The van der Waals surface area contributed by atoms with Crippen molar-refractivity contribution in [3.8, 4) is 0 Å². The molecule has 1 aliphatic heterocycles. The van der Waals surface area contributed by atoms with Crippen molar-refractivity contribution in [3.63, 3.8) is 0 Å². The van der Waals surface area contributed by atoms with E-state index in [0.29, 0.717) is 0 Å². The van der Waals surface area contributed by atoms with Gasteiger partial charge in [0.2, 0.25) is 0 Å². The first-order valence-electron chi connectivity index (χ1n) is 4.34. The molecule has 0 spiro atoms. The van der Waals surface area contributed by atoms with Crippen LogP contribution in [-0.2, 0) is 14.4 Å². The standard InChI is InChI=1S/C8H11NO6/c10-5(11)1-3-4(7(12)13)2-9-6(3)8(14)15/h3-4,6,9H,1-2H2,(H,10,11)(H,12,13)(H,14,15). The molecule has 1 heterocycles. The van der Waals surface area contributed by atoms with E-state index in [1.165, 1.54) is 0 Å². The fourth-order valence-electron chi connectivity index (χ4n) is 1.79. The van der Waals surface area contributed by atoms with E-state index in [1.807, 2.05) is 0 Å². The molecule has 0 radical (unpaired) electrons. The molecule has 15 heavy (non-hydrogen) atoms. The molecule has 4 N–H and O–H groups in total. The molecule has 0 aromatic heterocycles. The Morgan fingerprint density at radius 1 is 1.13 bits per heavy atom. The number of rotatable bonds is 4. The van der Waals surface area contributed by atoms with E-state index in [9.17, 15) is 14.4 Å². The molecule has 1 rings (SSSR count). The molecule has 0 aromatic rings. The van der Waals surface area contributed by atoms with Gasteiger partial charge in [-0.25, -0.2) is 0 Å². The average Bonchev–Trinajstić information content (AvgIpc) is 2.46. The SMILES string of the molecule is O=C(O)CC1C(C(=O)O)CNC1C(=O)O. The summed E-state index contributed by atoms with van der Waals surface area (Å²) in [5, 5.41) is 28.6. The first-order chi connectivity index (χ1) is 6.93. The van der Waals surface area contributed by atoms with Crippen LogP contribution >= 0.6 is 0 Å². The molecular weight excluding hydrogens is 206 g/mol. The van der Waals surface area contributed by atoms with E-state index in [0.717, 1.165) is 0 Å². The molecule has 0 aliphatic carbocycles. The average molecular weight is 217 g/mol. The zero-order valence-electron chi connectivity index (χ0n) is 7.71. The zero-order chi connectivity index (χ0) is 11.6. The van der Waals surface area contributed by atoms with Gasteiger partial charge in [0, 0.05) is 12.5 Å². The molecule has 0 bridgehead atoms. The van der Waals surface area contributed by atoms with E-state index in [-0.39, 0.29) is 6.54 Å². The smallest absolute Gasteiger partial charge is 0.321 e. The van der Waals surface area contributed by atoms with Crippen LogP contribution in [-0.4, -0.2) is 45.8 Å². The van der Waals surface area contributed by atoms with Crippen molar-refractivity contribution in [1.82, 2.24) is 5.32 Å². The Morgan fingerprint density at radius 3 is 2.13 bits per heavy atom. The maximum absolute atomic E-state index is 10.7. The highest BCUT2D eigenvalue weighted by Gasteiger charge is 2.44. The molecule has 1 aliphatic rings. The second-order valence-electron chi connectivity index (χ2n) is 3.43. The maximum atomic E-state index is 10.7. The number of hydrogen-bond acceptors (Lipinski definition) is 4. The summed E-state index contributed by atoms with van der Waals surface area (Å²) in [4.78, 5) is 31.9. The quantitative estimate of drug-likeness (QED) is 0.468. The minimum atomic E-state index is -1.22. The Balaban J connectivity index is 2.82. The zero-order valence-corrected chi connectivity index (χ0v) is 7.71. The molecule has 3 atom stereocenters. The van der Waals surface area contributed by atoms with Gasteiger partial charge in [-0.3, -0.25) is 14.4 Å². The van der Waals surface area contributed by atoms with Crippen LogP contribution in [0.2, 0.25) is 0 Å². The van der Waals surface area contributed by atoms with Crippen LogP contribution in [0, 0.1) is 11.8 Å². The summed E-state index contributed by atoms with van der Waals surface area (Å²) in [6.07, 6.45) is -0.457. The topological polar surface area (TPSA) is 124 Å². The van der Waals surface area contributed by atoms with Gasteiger partial charge < -0.3 is 20.6 Å². The maximum Gasteiger partial charge on any atom is 0.321 e. The van der Waals surface area contributed by atoms with E-state index >= 15 is 0 Å². The summed E-state index contributed by atoms with van der Waals surface area (Å²) in [6, 6.07) is -1.10. The lowest BCUT2D eigenvalue weighted by molar-refractivity contribution is -0.145. The Morgan fingerprint density at radius 2 is 1.73 bits per heavy atom. The third-order valence-electron chi connectivity index (χ3n) is 2.50. The van der Waals surface area contributed by atoms with Crippen LogP contribution in [0.5, 0.6) is 0 Å². The van der Waals surface area contributed by atoms with Crippen molar-refractivity contribution in [2.75, 3.05) is 6.54 Å². The molecule has 1 fully saturated rings. The van der Waals surface area contributed by atoms with Crippen LogP contribution in [0.1, 0.15) is 6.42 Å². The van der Waals surface area contributed by atoms with Gasteiger partial charge in [-0.2, -0.15) is 0 Å². The third-order valence-corrected chi connectivity index (χ3v) is 2.50. The van der Waals surface area contributed by atoms with Crippen LogP contribution < -0.4 is 5.32 Å². The van der Waals surface area contributed by atoms with Crippen molar-refractivity contribution in [2.24, 2.45) is 11.8 Å². The van der Waals surface area contributed by atoms with Crippen molar-refractivity contribution >= 4 is 17.9 Å². The molecule has 1 saturated heterocycles. The van der Waals surface area contributed by atoms with Gasteiger partial charge in [-0.1, -0.05) is 0 Å². The number of aliphatic carboxylic acids is 3. The number of hydrogen-bond donors (Lipinski definition) is 4. The Labute approximate surface area is 84.7 Å². The van der Waals surface area contributed by atoms with Crippen LogP contribution in [0.3, 0.4) is 0 Å². The van der Waals surface area contributed by atoms with Gasteiger partial charge in [0.05, 0.1) is 12.3 Å². The van der Waals surface area contributed by atoms with Crippen LogP contribution in [0.25, 0.3) is 0 Å². The predicted molar refractivity (Wildman–Crippen MR) is 46.3 cm³/mol. The third kappa shape index (κ3) is 2.44. The van der Waals surface area contributed by atoms with Gasteiger partial charge in [0.1, 0.15) is 6.04 Å². The lowest BCUT2D eigenvalue weighted by Crippen LogP contribution is -2.37. The summed E-state index contributed by atoms with van der Waals surface area (Å²) < 4.78 is 0. The van der Waals surface area contributed by atoms with Gasteiger partial charge in [-0.05, 0) is 0 Å². The lowest BCUT2D eigenvalue weighted by atomic mass is 9.88. The first kappa shape index (κ1) is 11.4. The Hall–Kier alpha value is -1.63.